The van der Waals surface area contributed by atoms with Crippen molar-refractivity contribution in [3.63, 3.8) is 0 Å². The zero-order chi connectivity index (χ0) is 13.6. The Balaban J connectivity index is 0. The number of hydrogen-bond acceptors (Lipinski definition) is 2. The Kier molecular flexibility index (Phi) is 6.71. The quantitative estimate of drug-likeness (QED) is 0.700. The topological polar surface area (TPSA) is 49.8 Å². The number of rotatable bonds is 0. The lowest BCUT2D eigenvalue weighted by atomic mass is 10.0. The highest BCUT2D eigenvalue weighted by molar-refractivity contribution is 5.04. The van der Waals surface area contributed by atoms with Gasteiger partial charge in [0.1, 0.15) is 5.54 Å². The van der Waals surface area contributed by atoms with Crippen LogP contribution in [0.4, 0.5) is 13.2 Å². The van der Waals surface area contributed by atoms with E-state index in [1.807, 2.05) is 34.6 Å². The lowest BCUT2D eigenvalue weighted by molar-refractivity contribution is -0.156. The molecular weight excluding hydrogens is 217 g/mol. The van der Waals surface area contributed by atoms with Crippen molar-refractivity contribution >= 4 is 0 Å². The molecule has 0 aliphatic heterocycles. The van der Waals surface area contributed by atoms with Crippen LogP contribution < -0.4 is 5.73 Å². The molecule has 1 fully saturated rings. The molecule has 0 aromatic carbocycles. The van der Waals surface area contributed by atoms with E-state index in [4.69, 9.17) is 11.0 Å². The summed E-state index contributed by atoms with van der Waals surface area (Å²) < 4.78 is 34.5. The minimum Gasteiger partial charge on any atom is -0.318 e. The minimum atomic E-state index is -4.17. The van der Waals surface area contributed by atoms with Gasteiger partial charge in [-0.1, -0.05) is 13.8 Å². The number of nitriles is 1. The van der Waals surface area contributed by atoms with Gasteiger partial charge in [-0.2, -0.15) is 18.4 Å². The van der Waals surface area contributed by atoms with Crippen molar-refractivity contribution in [2.75, 3.05) is 0 Å². The average Bonchev–Trinajstić information content (AvgIpc) is 2.87. The largest absolute Gasteiger partial charge is 0.406 e. The molecule has 1 rings (SSSR count). The molecule has 0 amide bonds. The molecule has 16 heavy (non-hydrogen) atoms. The van der Waals surface area contributed by atoms with Gasteiger partial charge >= 0.3 is 6.18 Å². The molecule has 0 aromatic rings. The van der Waals surface area contributed by atoms with Crippen LogP contribution >= 0.6 is 0 Å². The summed E-state index contributed by atoms with van der Waals surface area (Å²) in [5.41, 5.74) is 2.83. The highest BCUT2D eigenvalue weighted by Gasteiger charge is 2.60. The van der Waals surface area contributed by atoms with E-state index in [0.29, 0.717) is 0 Å². The Morgan fingerprint density at radius 2 is 1.38 bits per heavy atom. The van der Waals surface area contributed by atoms with Crippen LogP contribution in [0.5, 0.6) is 0 Å². The van der Waals surface area contributed by atoms with Crippen LogP contribution in [0, 0.1) is 16.7 Å². The fourth-order valence-corrected chi connectivity index (χ4v) is 0.418. The molecule has 0 unspecified atom stereocenters. The predicted octanol–water partition coefficient (Wildman–Crippen LogP) is 3.62. The third-order valence-corrected chi connectivity index (χ3v) is 1.69. The molecule has 0 heterocycles. The summed E-state index contributed by atoms with van der Waals surface area (Å²) >= 11 is 0. The first-order chi connectivity index (χ1) is 7.02. The zero-order valence-corrected chi connectivity index (χ0v) is 10.6. The average molecular weight is 238 g/mol. The first-order valence-electron chi connectivity index (χ1n) is 5.29. The van der Waals surface area contributed by atoms with Gasteiger partial charge in [0, 0.05) is 5.41 Å². The van der Waals surface area contributed by atoms with E-state index in [9.17, 15) is 13.2 Å². The highest BCUT2D eigenvalue weighted by Crippen LogP contribution is 2.46. The Bertz CT molecular complexity index is 226. The maximum Gasteiger partial charge on any atom is 0.406 e. The maximum atomic E-state index is 11.5. The van der Waals surface area contributed by atoms with E-state index in [1.54, 1.807) is 0 Å². The molecule has 0 spiro atoms. The maximum absolute atomic E-state index is 11.5. The van der Waals surface area contributed by atoms with Crippen molar-refractivity contribution in [2.45, 2.75) is 59.2 Å². The van der Waals surface area contributed by atoms with Crippen LogP contribution in [0.25, 0.3) is 0 Å². The van der Waals surface area contributed by atoms with Crippen LogP contribution in [0.2, 0.25) is 0 Å². The zero-order valence-electron chi connectivity index (χ0n) is 10.6. The summed E-state index contributed by atoms with van der Waals surface area (Å²) in [6.07, 6.45) is -3.99. The second kappa shape index (κ2) is 6.09. The number of nitrogens with zero attached hydrogens (tertiary/aromatic N) is 1. The summed E-state index contributed by atoms with van der Waals surface area (Å²) in [6, 6.07) is 2.10. The van der Waals surface area contributed by atoms with Gasteiger partial charge in [-0.25, -0.2) is 0 Å². The fourth-order valence-electron chi connectivity index (χ4n) is 0.418. The minimum absolute atomic E-state index is 0.0938. The third kappa shape index (κ3) is 7.52. The monoisotopic (exact) mass is 238 g/mol. The van der Waals surface area contributed by atoms with Gasteiger partial charge in [0.05, 0.1) is 6.07 Å². The Hall–Kier alpha value is -0.760. The number of nitrogens with two attached hydrogens (primary N) is 1. The van der Waals surface area contributed by atoms with E-state index >= 15 is 0 Å². The van der Waals surface area contributed by atoms with Crippen LogP contribution in [-0.4, -0.2) is 11.7 Å². The van der Waals surface area contributed by atoms with Crippen LogP contribution in [-0.2, 0) is 0 Å². The number of hydrogen-bond donors (Lipinski definition) is 1. The number of halogens is 3. The van der Waals surface area contributed by atoms with E-state index < -0.39 is 11.7 Å². The SMILES string of the molecule is CC.CC(C)(C)C#N.NC1(C(F)(F)F)CC1. The summed E-state index contributed by atoms with van der Waals surface area (Å²) in [5.74, 6) is 0. The van der Waals surface area contributed by atoms with Crippen molar-refractivity contribution in [1.29, 1.82) is 5.26 Å². The lowest BCUT2D eigenvalue weighted by Crippen LogP contribution is -2.39. The van der Waals surface area contributed by atoms with Gasteiger partial charge in [0.15, 0.2) is 0 Å². The smallest absolute Gasteiger partial charge is 0.318 e. The van der Waals surface area contributed by atoms with Crippen LogP contribution in [0.1, 0.15) is 47.5 Å². The third-order valence-electron chi connectivity index (χ3n) is 1.69. The second-order valence-electron chi connectivity index (χ2n) is 4.52. The Morgan fingerprint density at radius 3 is 1.38 bits per heavy atom. The van der Waals surface area contributed by atoms with Crippen LogP contribution in [0.3, 0.4) is 0 Å². The van der Waals surface area contributed by atoms with Crippen molar-refractivity contribution in [1.82, 2.24) is 0 Å². The van der Waals surface area contributed by atoms with Gasteiger partial charge in [0.2, 0.25) is 0 Å². The van der Waals surface area contributed by atoms with Gasteiger partial charge in [0.25, 0.3) is 0 Å². The molecule has 0 radical (unpaired) electrons. The van der Waals surface area contributed by atoms with Crippen molar-refractivity contribution in [2.24, 2.45) is 11.1 Å². The van der Waals surface area contributed by atoms with E-state index in [1.165, 1.54) is 0 Å². The molecule has 0 saturated heterocycles. The molecule has 1 saturated carbocycles. The molecule has 1 aliphatic carbocycles. The van der Waals surface area contributed by atoms with Crippen LogP contribution in [0.15, 0.2) is 0 Å². The summed E-state index contributed by atoms with van der Waals surface area (Å²) in [5, 5.41) is 8.15. The Labute approximate surface area is 95.6 Å². The van der Waals surface area contributed by atoms with Gasteiger partial charge in [-0.3, -0.25) is 0 Å². The van der Waals surface area contributed by atoms with E-state index in [2.05, 4.69) is 6.07 Å². The van der Waals surface area contributed by atoms with E-state index in [-0.39, 0.29) is 18.3 Å². The van der Waals surface area contributed by atoms with Crippen molar-refractivity contribution < 1.29 is 13.2 Å². The summed E-state index contributed by atoms with van der Waals surface area (Å²) in [4.78, 5) is 0. The second-order valence-corrected chi connectivity index (χ2v) is 4.52. The molecule has 2 nitrogen and oxygen atoms in total. The van der Waals surface area contributed by atoms with Crippen molar-refractivity contribution in [3.8, 4) is 6.07 Å². The highest BCUT2D eigenvalue weighted by atomic mass is 19.4. The first kappa shape index (κ1) is 17.6. The van der Waals surface area contributed by atoms with Gasteiger partial charge in [-0.05, 0) is 33.6 Å². The molecule has 5 heteroatoms. The molecule has 0 aromatic heterocycles. The Morgan fingerprint density at radius 1 is 1.12 bits per heavy atom. The standard InChI is InChI=1S/C5H9N.C4H6F3N.C2H6/c1-5(2,3)4-6;5-4(6,7)3(8)1-2-3;1-2/h1-3H3;1-2,8H2;1-2H3. The predicted molar refractivity (Wildman–Crippen MR) is 58.6 cm³/mol. The molecular formula is C11H21F3N2. The molecule has 0 bridgehead atoms. The lowest BCUT2D eigenvalue weighted by Gasteiger charge is -2.11. The first-order valence-corrected chi connectivity index (χ1v) is 5.29. The normalized spacial score (nSPS) is 17.0. The molecule has 2 N–H and O–H groups in total. The summed E-state index contributed by atoms with van der Waals surface area (Å²) in [6.45, 7) is 9.65. The molecule has 0 atom stereocenters. The van der Waals surface area contributed by atoms with Gasteiger partial charge < -0.3 is 5.73 Å². The van der Waals surface area contributed by atoms with Crippen molar-refractivity contribution in [3.05, 3.63) is 0 Å². The van der Waals surface area contributed by atoms with E-state index in [0.717, 1.165) is 0 Å². The molecule has 1 aliphatic rings. The fraction of sp³-hybridized carbons (Fsp3) is 0.909. The number of alkyl halides is 3. The molecule has 96 valence electrons. The summed E-state index contributed by atoms with van der Waals surface area (Å²) in [7, 11) is 0. The van der Waals surface area contributed by atoms with Gasteiger partial charge in [-0.15, -0.1) is 0 Å².